The fourth-order valence-electron chi connectivity index (χ4n) is 3.34. The zero-order valence-corrected chi connectivity index (χ0v) is 20.7. The molecule has 1 aromatic heterocycles. The van der Waals surface area contributed by atoms with E-state index in [-0.39, 0.29) is 11.5 Å². The number of hydrogen-bond donors (Lipinski definition) is 1. The van der Waals surface area contributed by atoms with E-state index >= 15 is 0 Å². The normalized spacial score (nSPS) is 14.8. The van der Waals surface area contributed by atoms with Crippen molar-refractivity contribution < 1.29 is 28.2 Å². The highest BCUT2D eigenvalue weighted by atomic mass is 32.2. The summed E-state index contributed by atoms with van der Waals surface area (Å²) < 4.78 is 32.8. The van der Waals surface area contributed by atoms with Crippen molar-refractivity contribution in [2.75, 3.05) is 13.2 Å². The van der Waals surface area contributed by atoms with E-state index in [1.165, 1.54) is 41.3 Å². The van der Waals surface area contributed by atoms with Crippen LogP contribution in [0.5, 0.6) is 0 Å². The molecule has 0 aliphatic carbocycles. The molecule has 1 saturated heterocycles. The first-order chi connectivity index (χ1) is 16.8. The van der Waals surface area contributed by atoms with Gasteiger partial charge >= 0.3 is 5.97 Å². The summed E-state index contributed by atoms with van der Waals surface area (Å²) in [5.74, 6) is -2.95. The molecule has 2 aromatic carbocycles. The molecule has 0 unspecified atom stereocenters. The fraction of sp³-hybridized carbons (Fsp3) is 0.160. The van der Waals surface area contributed by atoms with Crippen molar-refractivity contribution in [3.63, 3.8) is 0 Å². The third-order valence-corrected chi connectivity index (χ3v) is 7.42. The minimum absolute atomic E-state index is 0.174. The summed E-state index contributed by atoms with van der Waals surface area (Å²) >= 11 is 8.00. The number of thiocarbonyl (C=S) groups is 1. The Morgan fingerprint density at radius 2 is 1.86 bits per heavy atom. The van der Waals surface area contributed by atoms with Gasteiger partial charge in [-0.1, -0.05) is 42.2 Å². The predicted molar refractivity (Wildman–Crippen MR) is 137 cm³/mol. The van der Waals surface area contributed by atoms with Crippen molar-refractivity contribution in [2.24, 2.45) is 0 Å². The Labute approximate surface area is 214 Å². The minimum Gasteiger partial charge on any atom is -0.478 e. The first kappa shape index (κ1) is 25.2. The zero-order valence-electron chi connectivity index (χ0n) is 18.2. The average Bonchev–Trinajstić information content (AvgIpc) is 3.40. The van der Waals surface area contributed by atoms with Crippen LogP contribution in [0.2, 0.25) is 0 Å². The van der Waals surface area contributed by atoms with E-state index in [1.807, 2.05) is 11.4 Å². The number of hydrogen-bond acceptors (Lipinski definition) is 6. The van der Waals surface area contributed by atoms with Crippen LogP contribution >= 0.6 is 35.3 Å². The second kappa shape index (κ2) is 11.2. The summed E-state index contributed by atoms with van der Waals surface area (Å²) in [6.45, 7) is 1.18. The van der Waals surface area contributed by atoms with Gasteiger partial charge in [0.05, 0.1) is 17.1 Å². The molecule has 0 radical (unpaired) electrons. The Morgan fingerprint density at radius 3 is 2.57 bits per heavy atom. The zero-order chi connectivity index (χ0) is 24.9. The Bertz CT molecular complexity index is 1300. The maximum absolute atomic E-state index is 13.5. The fourth-order valence-corrected chi connectivity index (χ4v) is 5.56. The summed E-state index contributed by atoms with van der Waals surface area (Å²) in [5.41, 5.74) is 2.39. The molecule has 3 aromatic rings. The van der Waals surface area contributed by atoms with Gasteiger partial charge in [-0.05, 0) is 64.9 Å². The van der Waals surface area contributed by atoms with Crippen LogP contribution in [0.1, 0.15) is 27.2 Å². The number of thioether (sulfide) groups is 1. The van der Waals surface area contributed by atoms with Crippen molar-refractivity contribution in [3.05, 3.63) is 86.5 Å². The summed E-state index contributed by atoms with van der Waals surface area (Å²) in [4.78, 5) is 26.6. The van der Waals surface area contributed by atoms with Gasteiger partial charge in [-0.25, -0.2) is 13.6 Å². The number of carboxylic acids is 1. The van der Waals surface area contributed by atoms with Crippen LogP contribution in [-0.2, 0) is 16.1 Å². The lowest BCUT2D eigenvalue weighted by Gasteiger charge is -2.14. The highest BCUT2D eigenvalue weighted by Gasteiger charge is 2.31. The quantitative estimate of drug-likeness (QED) is 0.202. The molecule has 10 heteroatoms. The van der Waals surface area contributed by atoms with Crippen molar-refractivity contribution in [2.45, 2.75) is 13.0 Å². The molecule has 0 saturated carbocycles. The number of nitrogens with zero attached hydrogens (tertiary/aromatic N) is 1. The van der Waals surface area contributed by atoms with Gasteiger partial charge in [-0.2, -0.15) is 0 Å². The first-order valence-electron chi connectivity index (χ1n) is 10.5. The molecular formula is C25H19F2NO4S3. The lowest BCUT2D eigenvalue weighted by Crippen LogP contribution is -2.29. The van der Waals surface area contributed by atoms with Crippen LogP contribution in [0.15, 0.2) is 58.8 Å². The molecule has 2 heterocycles. The van der Waals surface area contributed by atoms with Crippen molar-refractivity contribution in [3.8, 4) is 11.1 Å². The Balaban J connectivity index is 1.29. The Hall–Kier alpha value is -2.92. The summed E-state index contributed by atoms with van der Waals surface area (Å²) in [6, 6.07) is 12.0. The maximum atomic E-state index is 13.5. The predicted octanol–water partition coefficient (Wildman–Crippen LogP) is 6.20. The molecule has 1 amide bonds. The van der Waals surface area contributed by atoms with E-state index in [0.29, 0.717) is 41.0 Å². The lowest BCUT2D eigenvalue weighted by atomic mass is 10.1. The number of carboxylic acid groups (broad SMARTS) is 1. The van der Waals surface area contributed by atoms with Gasteiger partial charge in [0.15, 0.2) is 11.6 Å². The molecule has 1 fully saturated rings. The molecule has 5 nitrogen and oxygen atoms in total. The average molecular weight is 532 g/mol. The number of aromatic carboxylic acids is 1. The number of benzene rings is 2. The third kappa shape index (κ3) is 6.21. The van der Waals surface area contributed by atoms with E-state index in [1.54, 1.807) is 23.1 Å². The van der Waals surface area contributed by atoms with E-state index in [0.717, 1.165) is 28.1 Å². The molecule has 0 bridgehead atoms. The van der Waals surface area contributed by atoms with Crippen LogP contribution in [0, 0.1) is 11.6 Å². The lowest BCUT2D eigenvalue weighted by molar-refractivity contribution is -0.122. The van der Waals surface area contributed by atoms with Gasteiger partial charge < -0.3 is 9.84 Å². The van der Waals surface area contributed by atoms with Gasteiger partial charge in [0.1, 0.15) is 4.32 Å². The Morgan fingerprint density at radius 1 is 1.09 bits per heavy atom. The first-order valence-corrected chi connectivity index (χ1v) is 12.6. The molecule has 4 rings (SSSR count). The number of ether oxygens (including phenoxy) is 1. The number of amides is 1. The minimum atomic E-state index is -0.974. The van der Waals surface area contributed by atoms with Crippen molar-refractivity contribution >= 4 is 57.6 Å². The van der Waals surface area contributed by atoms with E-state index in [2.05, 4.69) is 0 Å². The molecule has 0 atom stereocenters. The monoisotopic (exact) mass is 531 g/mol. The molecule has 1 aliphatic heterocycles. The number of halogens is 2. The summed E-state index contributed by atoms with van der Waals surface area (Å²) in [5, 5.41) is 10.8. The second-order valence-corrected chi connectivity index (χ2v) is 10.2. The Kier molecular flexibility index (Phi) is 8.07. The molecule has 1 aliphatic rings. The van der Waals surface area contributed by atoms with Gasteiger partial charge in [-0.15, -0.1) is 11.3 Å². The van der Waals surface area contributed by atoms with Crippen molar-refractivity contribution in [1.82, 2.24) is 4.90 Å². The summed E-state index contributed by atoms with van der Waals surface area (Å²) in [6.07, 6.45) is 2.34. The second-order valence-electron chi connectivity index (χ2n) is 7.61. The van der Waals surface area contributed by atoms with E-state index in [9.17, 15) is 18.4 Å². The number of thiophene rings is 1. The van der Waals surface area contributed by atoms with E-state index < -0.39 is 17.6 Å². The van der Waals surface area contributed by atoms with Crippen LogP contribution in [0.4, 0.5) is 8.78 Å². The van der Waals surface area contributed by atoms with Crippen LogP contribution in [0.25, 0.3) is 17.2 Å². The van der Waals surface area contributed by atoms with Crippen LogP contribution in [0.3, 0.4) is 0 Å². The summed E-state index contributed by atoms with van der Waals surface area (Å²) in [7, 11) is 0. The number of rotatable bonds is 9. The molecular weight excluding hydrogens is 512 g/mol. The maximum Gasteiger partial charge on any atom is 0.335 e. The molecule has 0 spiro atoms. The topological polar surface area (TPSA) is 66.8 Å². The van der Waals surface area contributed by atoms with Gasteiger partial charge in [0.25, 0.3) is 5.91 Å². The highest BCUT2D eigenvalue weighted by molar-refractivity contribution is 8.26. The SMILES string of the molecule is O=C(O)c1ccc(COCCCN2C(=O)C(=Cc3cc(-c4ccc(F)c(F)c4)cs3)SC2=S)cc1. The van der Waals surface area contributed by atoms with E-state index in [4.69, 9.17) is 22.1 Å². The standard InChI is InChI=1S/C25H19F2NO4S3/c26-20-7-6-17(11-21(20)27)18-10-19(34-14-18)12-22-23(29)28(25(33)35-22)8-1-9-32-13-15-2-4-16(5-3-15)24(30)31/h2-7,10-12,14H,1,8-9,13H2,(H,30,31). The van der Waals surface area contributed by atoms with Crippen LogP contribution in [-0.4, -0.2) is 39.4 Å². The largest absolute Gasteiger partial charge is 0.478 e. The number of carbonyl (C=O) groups is 2. The molecule has 35 heavy (non-hydrogen) atoms. The van der Waals surface area contributed by atoms with Gasteiger partial charge in [0.2, 0.25) is 0 Å². The van der Waals surface area contributed by atoms with Crippen molar-refractivity contribution in [1.29, 1.82) is 0 Å². The smallest absolute Gasteiger partial charge is 0.335 e. The molecule has 180 valence electrons. The highest BCUT2D eigenvalue weighted by Crippen LogP contribution is 2.35. The molecule has 1 N–H and O–H groups in total. The third-order valence-electron chi connectivity index (χ3n) is 5.16. The number of carbonyl (C=O) groups excluding carboxylic acids is 1. The van der Waals surface area contributed by atoms with Gasteiger partial charge in [-0.3, -0.25) is 9.69 Å². The van der Waals surface area contributed by atoms with Gasteiger partial charge in [0, 0.05) is 18.0 Å². The van der Waals surface area contributed by atoms with Crippen LogP contribution < -0.4 is 0 Å².